The summed E-state index contributed by atoms with van der Waals surface area (Å²) in [6.45, 7) is 1.02. The van der Waals surface area contributed by atoms with Crippen molar-refractivity contribution in [3.63, 3.8) is 0 Å². The second kappa shape index (κ2) is 5.76. The lowest BCUT2D eigenvalue weighted by atomic mass is 9.92. The van der Waals surface area contributed by atoms with Crippen LogP contribution in [0, 0.1) is 0 Å². The maximum absolute atomic E-state index is 12.9. The van der Waals surface area contributed by atoms with Crippen molar-refractivity contribution in [1.29, 1.82) is 0 Å². The van der Waals surface area contributed by atoms with Crippen molar-refractivity contribution in [3.8, 4) is 0 Å². The van der Waals surface area contributed by atoms with Crippen molar-refractivity contribution in [2.45, 2.75) is 42.9 Å². The zero-order valence-corrected chi connectivity index (χ0v) is 13.8. The molecule has 1 saturated heterocycles. The molecule has 23 heavy (non-hydrogen) atoms. The fraction of sp³-hybridized carbons (Fsp3) is 0.471. The zero-order chi connectivity index (χ0) is 15.9. The van der Waals surface area contributed by atoms with Crippen molar-refractivity contribution >= 4 is 10.0 Å². The van der Waals surface area contributed by atoms with Gasteiger partial charge in [0.05, 0.1) is 10.6 Å². The molecule has 1 unspecified atom stereocenters. The van der Waals surface area contributed by atoms with Gasteiger partial charge < -0.3 is 4.52 Å². The number of aryl methyl sites for hydroxylation is 2. The molecule has 4 rings (SSSR count). The van der Waals surface area contributed by atoms with E-state index in [4.69, 9.17) is 4.52 Å². The standard InChI is InChI=1S/C17H20N2O3S/c20-23(21,16-6-5-13-3-1-2-4-14(13)11-16)19-9-7-15(12-19)17-8-10-22-18-17/h5-6,8,10-11,15H,1-4,7,9,12H2. The minimum Gasteiger partial charge on any atom is -0.365 e. The Hall–Kier alpha value is -1.66. The largest absolute Gasteiger partial charge is 0.365 e. The summed E-state index contributed by atoms with van der Waals surface area (Å²) in [5.74, 6) is 0.126. The van der Waals surface area contributed by atoms with Crippen molar-refractivity contribution in [2.24, 2.45) is 0 Å². The van der Waals surface area contributed by atoms with Crippen LogP contribution in [0.15, 0.2) is 39.9 Å². The molecule has 0 spiro atoms. The molecule has 6 heteroatoms. The fourth-order valence-corrected chi connectivity index (χ4v) is 5.19. The van der Waals surface area contributed by atoms with Gasteiger partial charge >= 0.3 is 0 Å². The van der Waals surface area contributed by atoms with E-state index in [0.717, 1.165) is 31.4 Å². The molecule has 2 aliphatic rings. The number of aromatic nitrogens is 1. The Kier molecular flexibility index (Phi) is 3.73. The summed E-state index contributed by atoms with van der Waals surface area (Å²) in [6.07, 6.45) is 6.72. The predicted octanol–water partition coefficient (Wildman–Crippen LogP) is 2.73. The molecule has 1 aliphatic carbocycles. The normalized spacial score (nSPS) is 22.2. The van der Waals surface area contributed by atoms with Gasteiger partial charge in [-0.2, -0.15) is 4.31 Å². The van der Waals surface area contributed by atoms with Gasteiger partial charge in [-0.05, 0) is 55.4 Å². The summed E-state index contributed by atoms with van der Waals surface area (Å²) in [4.78, 5) is 0.430. The van der Waals surface area contributed by atoms with Crippen LogP contribution >= 0.6 is 0 Å². The minimum atomic E-state index is -3.42. The fourth-order valence-electron chi connectivity index (χ4n) is 3.64. The molecular weight excluding hydrogens is 312 g/mol. The summed E-state index contributed by atoms with van der Waals surface area (Å²) in [6, 6.07) is 7.46. The molecule has 1 aromatic heterocycles. The van der Waals surface area contributed by atoms with E-state index < -0.39 is 10.0 Å². The molecule has 0 saturated carbocycles. The number of fused-ring (bicyclic) bond motifs is 1. The van der Waals surface area contributed by atoms with Crippen LogP contribution in [-0.2, 0) is 22.9 Å². The van der Waals surface area contributed by atoms with Crippen molar-refractivity contribution in [3.05, 3.63) is 47.3 Å². The number of sulfonamides is 1. The van der Waals surface area contributed by atoms with Crippen LogP contribution in [-0.4, -0.2) is 31.0 Å². The third-order valence-corrected chi connectivity index (χ3v) is 6.85. The third kappa shape index (κ3) is 2.70. The van der Waals surface area contributed by atoms with Crippen LogP contribution in [0.3, 0.4) is 0 Å². The van der Waals surface area contributed by atoms with Crippen molar-refractivity contribution in [1.82, 2.24) is 9.46 Å². The maximum Gasteiger partial charge on any atom is 0.243 e. The van der Waals surface area contributed by atoms with Crippen LogP contribution in [0.1, 0.15) is 42.0 Å². The third-order valence-electron chi connectivity index (χ3n) is 4.98. The van der Waals surface area contributed by atoms with Crippen LogP contribution in [0.2, 0.25) is 0 Å². The van der Waals surface area contributed by atoms with Gasteiger partial charge in [0.2, 0.25) is 10.0 Å². The Labute approximate surface area is 136 Å². The first-order valence-electron chi connectivity index (χ1n) is 8.17. The highest BCUT2D eigenvalue weighted by Crippen LogP contribution is 2.31. The topological polar surface area (TPSA) is 63.4 Å². The van der Waals surface area contributed by atoms with Gasteiger partial charge in [-0.1, -0.05) is 11.2 Å². The number of nitrogens with zero attached hydrogens (tertiary/aromatic N) is 2. The van der Waals surface area contributed by atoms with Gasteiger partial charge in [0.25, 0.3) is 0 Å². The van der Waals surface area contributed by atoms with Crippen molar-refractivity contribution < 1.29 is 12.9 Å². The molecule has 5 nitrogen and oxygen atoms in total. The summed E-state index contributed by atoms with van der Waals surface area (Å²) < 4.78 is 32.3. The van der Waals surface area contributed by atoms with E-state index in [9.17, 15) is 8.42 Å². The molecule has 0 N–H and O–H groups in total. The summed E-state index contributed by atoms with van der Waals surface area (Å²) in [5.41, 5.74) is 3.34. The van der Waals surface area contributed by atoms with Crippen LogP contribution < -0.4 is 0 Å². The lowest BCUT2D eigenvalue weighted by Crippen LogP contribution is -2.29. The van der Waals surface area contributed by atoms with E-state index in [-0.39, 0.29) is 5.92 Å². The highest BCUT2D eigenvalue weighted by atomic mass is 32.2. The first kappa shape index (κ1) is 14.9. The van der Waals surface area contributed by atoms with E-state index >= 15 is 0 Å². The second-order valence-corrected chi connectivity index (χ2v) is 8.35. The van der Waals surface area contributed by atoms with Gasteiger partial charge in [0.15, 0.2) is 0 Å². The lowest BCUT2D eigenvalue weighted by Gasteiger charge is -2.20. The molecule has 2 aromatic rings. The molecule has 0 radical (unpaired) electrons. The number of benzene rings is 1. The SMILES string of the molecule is O=S(=O)(c1ccc2c(c1)CCCC2)N1CCC(c2ccon2)C1. The molecule has 0 bridgehead atoms. The van der Waals surface area contributed by atoms with Gasteiger partial charge in [0.1, 0.15) is 6.26 Å². The Morgan fingerprint density at radius 1 is 1.13 bits per heavy atom. The molecule has 0 amide bonds. The number of hydrogen-bond acceptors (Lipinski definition) is 4. The van der Waals surface area contributed by atoms with E-state index in [2.05, 4.69) is 5.16 Å². The molecule has 122 valence electrons. The Morgan fingerprint density at radius 2 is 1.96 bits per heavy atom. The Morgan fingerprint density at radius 3 is 2.74 bits per heavy atom. The van der Waals surface area contributed by atoms with Crippen molar-refractivity contribution in [2.75, 3.05) is 13.1 Å². The average Bonchev–Trinajstić information content (AvgIpc) is 3.25. The zero-order valence-electron chi connectivity index (χ0n) is 12.9. The van der Waals surface area contributed by atoms with Gasteiger partial charge in [0, 0.05) is 25.1 Å². The second-order valence-electron chi connectivity index (χ2n) is 6.41. The van der Waals surface area contributed by atoms with E-state index in [1.807, 2.05) is 18.2 Å². The van der Waals surface area contributed by atoms with Gasteiger partial charge in [-0.25, -0.2) is 8.42 Å². The van der Waals surface area contributed by atoms with Gasteiger partial charge in [-0.15, -0.1) is 0 Å². The molecule has 1 aromatic carbocycles. The predicted molar refractivity (Wildman–Crippen MR) is 85.7 cm³/mol. The Bertz CT molecular complexity index is 799. The van der Waals surface area contributed by atoms with E-state index in [1.165, 1.54) is 23.8 Å². The first-order valence-corrected chi connectivity index (χ1v) is 9.61. The highest BCUT2D eigenvalue weighted by Gasteiger charge is 2.34. The highest BCUT2D eigenvalue weighted by molar-refractivity contribution is 7.89. The Balaban J connectivity index is 1.58. The minimum absolute atomic E-state index is 0.126. The smallest absolute Gasteiger partial charge is 0.243 e. The first-order chi connectivity index (χ1) is 11.1. The van der Waals surface area contributed by atoms with Crippen LogP contribution in [0.5, 0.6) is 0 Å². The van der Waals surface area contributed by atoms with Crippen LogP contribution in [0.25, 0.3) is 0 Å². The molecule has 1 aliphatic heterocycles. The average molecular weight is 332 g/mol. The lowest BCUT2D eigenvalue weighted by molar-refractivity contribution is 0.404. The summed E-state index contributed by atoms with van der Waals surface area (Å²) >= 11 is 0. The molecule has 1 atom stereocenters. The summed E-state index contributed by atoms with van der Waals surface area (Å²) in [7, 11) is -3.42. The summed E-state index contributed by atoms with van der Waals surface area (Å²) in [5, 5.41) is 3.95. The number of rotatable bonds is 3. The molecule has 2 heterocycles. The van der Waals surface area contributed by atoms with Gasteiger partial charge in [-0.3, -0.25) is 0 Å². The quantitative estimate of drug-likeness (QED) is 0.867. The molecular formula is C17H20N2O3S. The van der Waals surface area contributed by atoms with E-state index in [0.29, 0.717) is 18.0 Å². The monoisotopic (exact) mass is 332 g/mol. The van der Waals surface area contributed by atoms with E-state index in [1.54, 1.807) is 10.4 Å². The molecule has 1 fully saturated rings. The van der Waals surface area contributed by atoms with Crippen LogP contribution in [0.4, 0.5) is 0 Å². The maximum atomic E-state index is 12.9. The number of hydrogen-bond donors (Lipinski definition) is 0.